The van der Waals surface area contributed by atoms with E-state index in [4.69, 9.17) is 0 Å². The second-order valence-corrected chi connectivity index (χ2v) is 6.82. The van der Waals surface area contributed by atoms with Crippen molar-refractivity contribution in [2.45, 2.75) is 44.9 Å². The van der Waals surface area contributed by atoms with Gasteiger partial charge in [0.2, 0.25) is 5.91 Å². The van der Waals surface area contributed by atoms with Crippen molar-refractivity contribution in [2.75, 3.05) is 5.32 Å². The van der Waals surface area contributed by atoms with Gasteiger partial charge in [0.25, 0.3) is 0 Å². The van der Waals surface area contributed by atoms with Crippen molar-refractivity contribution in [2.24, 2.45) is 0 Å². The molecule has 1 atom stereocenters. The summed E-state index contributed by atoms with van der Waals surface area (Å²) in [6.45, 7) is 9.71. The van der Waals surface area contributed by atoms with Crippen LogP contribution in [0.1, 0.15) is 29.6 Å². The number of anilines is 1. The number of nitrogens with zero attached hydrogens (tertiary/aromatic N) is 2. The van der Waals surface area contributed by atoms with Gasteiger partial charge in [0.1, 0.15) is 10.9 Å². The van der Waals surface area contributed by atoms with Crippen LogP contribution in [0.3, 0.4) is 0 Å². The first-order valence-corrected chi connectivity index (χ1v) is 8.10. The number of thioether (sulfide) groups is 1. The highest BCUT2D eigenvalue weighted by Crippen LogP contribution is 2.24. The highest BCUT2D eigenvalue weighted by atomic mass is 32.2. The van der Waals surface area contributed by atoms with E-state index in [0.29, 0.717) is 0 Å². The molecule has 0 saturated heterocycles. The number of benzene rings is 1. The average Bonchev–Trinajstić information content (AvgIpc) is 2.40. The van der Waals surface area contributed by atoms with Crippen molar-refractivity contribution >= 4 is 23.4 Å². The van der Waals surface area contributed by atoms with E-state index in [-0.39, 0.29) is 11.2 Å². The topological polar surface area (TPSA) is 54.9 Å². The van der Waals surface area contributed by atoms with Gasteiger partial charge in [-0.1, -0.05) is 29.5 Å². The molecule has 1 N–H and O–H groups in total. The Morgan fingerprint density at radius 3 is 2.50 bits per heavy atom. The SMILES string of the molecule is Cc1ccc(NC(=O)[C@@H](C)Sc2cc(C)nc(C)n2)c(C)c1. The van der Waals surface area contributed by atoms with Crippen LogP contribution in [-0.2, 0) is 4.79 Å². The van der Waals surface area contributed by atoms with E-state index in [9.17, 15) is 4.79 Å². The number of carbonyl (C=O) groups excluding carboxylic acids is 1. The van der Waals surface area contributed by atoms with Gasteiger partial charge in [0.15, 0.2) is 0 Å². The molecule has 0 bridgehead atoms. The highest BCUT2D eigenvalue weighted by molar-refractivity contribution is 8.00. The molecule has 0 saturated carbocycles. The molecule has 5 heteroatoms. The standard InChI is InChI=1S/C17H21N3OS/c1-10-6-7-15(11(2)8-10)20-17(21)13(4)22-16-9-12(3)18-14(5)19-16/h6-9,13H,1-5H3,(H,20,21)/t13-/m1/s1. The Morgan fingerprint density at radius 1 is 1.14 bits per heavy atom. The fourth-order valence-electron chi connectivity index (χ4n) is 2.17. The lowest BCUT2D eigenvalue weighted by Crippen LogP contribution is -2.23. The van der Waals surface area contributed by atoms with Gasteiger partial charge < -0.3 is 5.32 Å². The lowest BCUT2D eigenvalue weighted by atomic mass is 10.1. The molecule has 1 amide bonds. The molecule has 116 valence electrons. The molecule has 1 aromatic carbocycles. The maximum Gasteiger partial charge on any atom is 0.237 e. The van der Waals surface area contributed by atoms with Crippen molar-refractivity contribution in [1.29, 1.82) is 0 Å². The number of aromatic nitrogens is 2. The normalized spacial score (nSPS) is 12.0. The molecule has 4 nitrogen and oxygen atoms in total. The Balaban J connectivity index is 2.05. The lowest BCUT2D eigenvalue weighted by molar-refractivity contribution is -0.115. The molecule has 0 aliphatic heterocycles. The molecule has 0 spiro atoms. The van der Waals surface area contributed by atoms with Crippen LogP contribution in [0, 0.1) is 27.7 Å². The Morgan fingerprint density at radius 2 is 1.86 bits per heavy atom. The number of carbonyl (C=O) groups is 1. The summed E-state index contributed by atoms with van der Waals surface area (Å²) in [4.78, 5) is 21.0. The number of amides is 1. The van der Waals surface area contributed by atoms with Crippen molar-refractivity contribution in [1.82, 2.24) is 9.97 Å². The van der Waals surface area contributed by atoms with Gasteiger partial charge in [-0.3, -0.25) is 4.79 Å². The van der Waals surface area contributed by atoms with Crippen LogP contribution in [-0.4, -0.2) is 21.1 Å². The minimum Gasteiger partial charge on any atom is -0.325 e. The Hall–Kier alpha value is -1.88. The maximum atomic E-state index is 12.3. The zero-order valence-corrected chi connectivity index (χ0v) is 14.4. The molecule has 2 aromatic rings. The van der Waals surface area contributed by atoms with E-state index in [1.54, 1.807) is 0 Å². The van der Waals surface area contributed by atoms with Crippen LogP contribution in [0.4, 0.5) is 5.69 Å². The fourth-order valence-corrected chi connectivity index (χ4v) is 3.12. The van der Waals surface area contributed by atoms with E-state index in [1.807, 2.05) is 52.8 Å². The summed E-state index contributed by atoms with van der Waals surface area (Å²) in [6, 6.07) is 7.90. The number of hydrogen-bond acceptors (Lipinski definition) is 4. The van der Waals surface area contributed by atoms with E-state index in [1.165, 1.54) is 17.3 Å². The van der Waals surface area contributed by atoms with Gasteiger partial charge in [0.05, 0.1) is 5.25 Å². The van der Waals surface area contributed by atoms with Gasteiger partial charge in [-0.25, -0.2) is 9.97 Å². The molecule has 0 aliphatic carbocycles. The van der Waals surface area contributed by atoms with Crippen LogP contribution in [0.15, 0.2) is 29.3 Å². The van der Waals surface area contributed by atoms with Gasteiger partial charge in [-0.15, -0.1) is 0 Å². The van der Waals surface area contributed by atoms with Gasteiger partial charge in [-0.05, 0) is 52.3 Å². The minimum atomic E-state index is -0.227. The molecule has 0 unspecified atom stereocenters. The smallest absolute Gasteiger partial charge is 0.237 e. The Labute approximate surface area is 135 Å². The highest BCUT2D eigenvalue weighted by Gasteiger charge is 2.16. The number of hydrogen-bond donors (Lipinski definition) is 1. The number of rotatable bonds is 4. The molecular formula is C17H21N3OS. The predicted octanol–water partition coefficient (Wildman–Crippen LogP) is 3.83. The third kappa shape index (κ3) is 4.31. The molecule has 1 aromatic heterocycles. The van der Waals surface area contributed by atoms with Crippen molar-refractivity contribution in [3.05, 3.63) is 46.9 Å². The third-order valence-corrected chi connectivity index (χ3v) is 4.27. The van der Waals surface area contributed by atoms with Gasteiger partial charge in [-0.2, -0.15) is 0 Å². The first-order valence-electron chi connectivity index (χ1n) is 7.22. The molecule has 0 aliphatic rings. The molecule has 22 heavy (non-hydrogen) atoms. The largest absolute Gasteiger partial charge is 0.325 e. The van der Waals surface area contributed by atoms with Crippen LogP contribution in [0.25, 0.3) is 0 Å². The van der Waals surface area contributed by atoms with Crippen LogP contribution in [0.5, 0.6) is 0 Å². The number of nitrogens with one attached hydrogen (secondary N) is 1. The Kier molecular flexibility index (Phi) is 5.19. The monoisotopic (exact) mass is 315 g/mol. The summed E-state index contributed by atoms with van der Waals surface area (Å²) >= 11 is 1.45. The zero-order valence-electron chi connectivity index (χ0n) is 13.6. The van der Waals surface area contributed by atoms with Crippen molar-refractivity contribution < 1.29 is 4.79 Å². The van der Waals surface area contributed by atoms with Crippen LogP contribution < -0.4 is 5.32 Å². The van der Waals surface area contributed by atoms with Gasteiger partial charge >= 0.3 is 0 Å². The van der Waals surface area contributed by atoms with Crippen LogP contribution >= 0.6 is 11.8 Å². The zero-order chi connectivity index (χ0) is 16.3. The summed E-state index contributed by atoms with van der Waals surface area (Å²) in [6.07, 6.45) is 0. The number of aryl methyl sites for hydroxylation is 4. The van der Waals surface area contributed by atoms with Crippen molar-refractivity contribution in [3.8, 4) is 0 Å². The third-order valence-electron chi connectivity index (χ3n) is 3.25. The first kappa shape index (κ1) is 16.5. The molecule has 0 fully saturated rings. The second kappa shape index (κ2) is 6.92. The Bertz CT molecular complexity index is 680. The summed E-state index contributed by atoms with van der Waals surface area (Å²) in [5, 5.41) is 3.58. The molecule has 1 heterocycles. The summed E-state index contributed by atoms with van der Waals surface area (Å²) in [5.41, 5.74) is 4.03. The molecular weight excluding hydrogens is 294 g/mol. The first-order chi connectivity index (χ1) is 10.3. The molecule has 0 radical (unpaired) electrons. The van der Waals surface area contributed by atoms with Gasteiger partial charge in [0, 0.05) is 11.4 Å². The summed E-state index contributed by atoms with van der Waals surface area (Å²) in [5.74, 6) is 0.704. The predicted molar refractivity (Wildman–Crippen MR) is 91.4 cm³/mol. The quantitative estimate of drug-likeness (QED) is 0.688. The lowest BCUT2D eigenvalue weighted by Gasteiger charge is -2.14. The van der Waals surface area contributed by atoms with E-state index >= 15 is 0 Å². The maximum absolute atomic E-state index is 12.3. The minimum absolute atomic E-state index is 0.0223. The fraction of sp³-hybridized carbons (Fsp3) is 0.353. The molecule has 2 rings (SSSR count). The van der Waals surface area contributed by atoms with Crippen molar-refractivity contribution in [3.63, 3.8) is 0 Å². The van der Waals surface area contributed by atoms with E-state index in [2.05, 4.69) is 21.4 Å². The average molecular weight is 315 g/mol. The van der Waals surface area contributed by atoms with E-state index in [0.717, 1.165) is 27.8 Å². The summed E-state index contributed by atoms with van der Waals surface area (Å²) < 4.78 is 0. The van der Waals surface area contributed by atoms with Crippen LogP contribution in [0.2, 0.25) is 0 Å². The summed E-state index contributed by atoms with van der Waals surface area (Å²) in [7, 11) is 0. The van der Waals surface area contributed by atoms with E-state index < -0.39 is 0 Å². The second-order valence-electron chi connectivity index (χ2n) is 5.46.